The molecule has 1 aliphatic rings. The van der Waals surface area contributed by atoms with Gasteiger partial charge in [-0.05, 0) is 47.7 Å². The van der Waals surface area contributed by atoms with Crippen molar-refractivity contribution in [3.8, 4) is 0 Å². The molecule has 1 saturated heterocycles. The Morgan fingerprint density at radius 2 is 1.37 bits per heavy atom. The summed E-state index contributed by atoms with van der Waals surface area (Å²) < 4.78 is 79.8. The first-order valence-electron chi connectivity index (χ1n) is 10.8. The Morgan fingerprint density at radius 3 is 1.94 bits per heavy atom. The van der Waals surface area contributed by atoms with E-state index in [4.69, 9.17) is 11.6 Å². The van der Waals surface area contributed by atoms with Crippen molar-refractivity contribution in [1.82, 2.24) is 4.90 Å². The second-order valence-corrected chi connectivity index (χ2v) is 8.89. The van der Waals surface area contributed by atoms with Gasteiger partial charge >= 0.3 is 12.4 Å². The van der Waals surface area contributed by atoms with Crippen LogP contribution in [0.5, 0.6) is 0 Å². The molecule has 1 fully saturated rings. The number of carbonyl (C=O) groups is 1. The van der Waals surface area contributed by atoms with E-state index in [1.807, 2.05) is 36.4 Å². The van der Waals surface area contributed by atoms with Crippen LogP contribution >= 0.6 is 11.6 Å². The fourth-order valence-electron chi connectivity index (χ4n) is 4.59. The first kappa shape index (κ1) is 25.1. The van der Waals surface area contributed by atoms with Gasteiger partial charge in [-0.3, -0.25) is 4.79 Å². The molecule has 0 N–H and O–H groups in total. The number of piperidine rings is 1. The summed E-state index contributed by atoms with van der Waals surface area (Å²) in [5, 5.41) is 0.478. The van der Waals surface area contributed by atoms with E-state index in [2.05, 4.69) is 0 Å². The summed E-state index contributed by atoms with van der Waals surface area (Å²) in [4.78, 5) is 14.5. The molecule has 3 aromatic rings. The van der Waals surface area contributed by atoms with E-state index in [1.165, 1.54) is 4.90 Å². The van der Waals surface area contributed by atoms with Gasteiger partial charge in [-0.25, -0.2) is 0 Å². The molecular weight excluding hydrogens is 492 g/mol. The van der Waals surface area contributed by atoms with Crippen molar-refractivity contribution in [2.24, 2.45) is 0 Å². The van der Waals surface area contributed by atoms with Gasteiger partial charge in [0.2, 0.25) is 0 Å². The molecule has 1 aliphatic heterocycles. The monoisotopic (exact) mass is 511 g/mol. The van der Waals surface area contributed by atoms with Gasteiger partial charge in [-0.2, -0.15) is 26.3 Å². The topological polar surface area (TPSA) is 20.3 Å². The first-order valence-corrected chi connectivity index (χ1v) is 11.2. The highest BCUT2D eigenvalue weighted by atomic mass is 35.5. The van der Waals surface area contributed by atoms with Gasteiger partial charge in [-0.15, -0.1) is 0 Å². The number of nitrogens with zero attached hydrogens (tertiary/aromatic N) is 1. The molecule has 0 bridgehead atoms. The highest BCUT2D eigenvalue weighted by Gasteiger charge is 2.39. The molecule has 0 spiro atoms. The van der Waals surface area contributed by atoms with Gasteiger partial charge in [-0.1, -0.05) is 60.1 Å². The molecule has 35 heavy (non-hydrogen) atoms. The Morgan fingerprint density at radius 1 is 0.800 bits per heavy atom. The molecular formula is C26H20ClF6NO. The first-order chi connectivity index (χ1) is 16.4. The van der Waals surface area contributed by atoms with Crippen molar-refractivity contribution in [2.45, 2.75) is 30.6 Å². The molecule has 2 atom stereocenters. The van der Waals surface area contributed by atoms with Crippen LogP contribution in [-0.4, -0.2) is 23.9 Å². The predicted molar refractivity (Wildman–Crippen MR) is 120 cm³/mol. The number of halogens is 7. The molecule has 0 saturated carbocycles. The van der Waals surface area contributed by atoms with Gasteiger partial charge in [0.15, 0.2) is 0 Å². The van der Waals surface area contributed by atoms with Crippen molar-refractivity contribution in [2.75, 3.05) is 13.1 Å². The summed E-state index contributed by atoms with van der Waals surface area (Å²) >= 11 is 6.44. The molecule has 2 nitrogen and oxygen atoms in total. The fraction of sp³-hybridized carbons (Fsp3) is 0.269. The van der Waals surface area contributed by atoms with Crippen LogP contribution in [0, 0.1) is 0 Å². The van der Waals surface area contributed by atoms with Crippen molar-refractivity contribution >= 4 is 17.5 Å². The Hall–Kier alpha value is -3.00. The number of likely N-dealkylation sites (tertiary alicyclic amines) is 1. The normalized spacial score (nSPS) is 19.0. The van der Waals surface area contributed by atoms with E-state index in [0.717, 1.165) is 11.1 Å². The molecule has 1 heterocycles. The highest BCUT2D eigenvalue weighted by molar-refractivity contribution is 6.31. The van der Waals surface area contributed by atoms with E-state index in [0.29, 0.717) is 23.6 Å². The van der Waals surface area contributed by atoms with Crippen LogP contribution in [0.3, 0.4) is 0 Å². The molecule has 0 aliphatic carbocycles. The van der Waals surface area contributed by atoms with Crippen LogP contribution < -0.4 is 0 Å². The van der Waals surface area contributed by atoms with E-state index >= 15 is 0 Å². The lowest BCUT2D eigenvalue weighted by Gasteiger charge is -2.39. The third-order valence-electron chi connectivity index (χ3n) is 6.27. The van der Waals surface area contributed by atoms with Crippen molar-refractivity contribution < 1.29 is 31.1 Å². The molecule has 9 heteroatoms. The predicted octanol–water partition coefficient (Wildman–Crippen LogP) is 7.79. The molecule has 3 aromatic carbocycles. The Bertz CT molecular complexity index is 1180. The standard InChI is InChI=1S/C26H20ClF6NO/c27-23-9-5-4-8-21(23)22-15-34(11-10-20(22)16-6-2-1-3-7-16)24(35)17-12-18(25(28,29)30)14-19(13-17)26(31,32)33/h1-9,12-14,20,22H,10-11,15H2/t20-,22-/m0/s1. The van der Waals surface area contributed by atoms with E-state index in [1.54, 1.807) is 18.2 Å². The average molecular weight is 512 g/mol. The summed E-state index contributed by atoms with van der Waals surface area (Å²) in [7, 11) is 0. The lowest BCUT2D eigenvalue weighted by molar-refractivity contribution is -0.143. The summed E-state index contributed by atoms with van der Waals surface area (Å²) in [5.74, 6) is -1.21. The summed E-state index contributed by atoms with van der Waals surface area (Å²) in [6.45, 7) is 0.274. The fourth-order valence-corrected chi connectivity index (χ4v) is 4.86. The minimum atomic E-state index is -5.03. The Balaban J connectivity index is 1.71. The second kappa shape index (κ2) is 9.57. The van der Waals surface area contributed by atoms with E-state index < -0.39 is 35.0 Å². The number of alkyl halides is 6. The number of hydrogen-bond donors (Lipinski definition) is 0. The van der Waals surface area contributed by atoms with Gasteiger partial charge in [0.1, 0.15) is 0 Å². The largest absolute Gasteiger partial charge is 0.416 e. The summed E-state index contributed by atoms with van der Waals surface area (Å²) in [6.07, 6.45) is -9.59. The van der Waals surface area contributed by atoms with Crippen LogP contribution in [0.4, 0.5) is 26.3 Å². The second-order valence-electron chi connectivity index (χ2n) is 8.48. The van der Waals surface area contributed by atoms with Crippen molar-refractivity contribution in [1.29, 1.82) is 0 Å². The molecule has 0 unspecified atom stereocenters. The maximum atomic E-state index is 13.3. The number of hydrogen-bond acceptors (Lipinski definition) is 1. The maximum Gasteiger partial charge on any atom is 0.416 e. The van der Waals surface area contributed by atoms with Crippen LogP contribution in [0.1, 0.15) is 50.9 Å². The smallest absolute Gasteiger partial charge is 0.338 e. The van der Waals surface area contributed by atoms with Crippen LogP contribution in [-0.2, 0) is 12.4 Å². The SMILES string of the molecule is O=C(c1cc(C(F)(F)F)cc(C(F)(F)F)c1)N1CC[C@@H](c2ccccc2)[C@@H](c2ccccc2Cl)C1. The van der Waals surface area contributed by atoms with Gasteiger partial charge < -0.3 is 4.90 Å². The van der Waals surface area contributed by atoms with Crippen molar-refractivity contribution in [3.63, 3.8) is 0 Å². The third-order valence-corrected chi connectivity index (χ3v) is 6.61. The lowest BCUT2D eigenvalue weighted by atomic mass is 9.76. The zero-order chi connectivity index (χ0) is 25.4. The number of amides is 1. The number of carbonyl (C=O) groups excluding carboxylic acids is 1. The highest BCUT2D eigenvalue weighted by Crippen LogP contribution is 2.43. The molecule has 184 valence electrons. The van der Waals surface area contributed by atoms with Crippen LogP contribution in [0.15, 0.2) is 72.8 Å². The maximum absolute atomic E-state index is 13.3. The lowest BCUT2D eigenvalue weighted by Crippen LogP contribution is -2.42. The molecule has 0 aromatic heterocycles. The molecule has 0 radical (unpaired) electrons. The number of benzene rings is 3. The summed E-state index contributed by atoms with van der Waals surface area (Å²) in [5.41, 5.74) is -1.90. The van der Waals surface area contributed by atoms with Gasteiger partial charge in [0.05, 0.1) is 11.1 Å². The minimum absolute atomic E-state index is 0.0188. The molecule has 4 rings (SSSR count). The minimum Gasteiger partial charge on any atom is -0.338 e. The zero-order valence-corrected chi connectivity index (χ0v) is 19.0. The van der Waals surface area contributed by atoms with E-state index in [-0.39, 0.29) is 31.0 Å². The van der Waals surface area contributed by atoms with E-state index in [9.17, 15) is 31.1 Å². The Labute approximate surface area is 203 Å². The van der Waals surface area contributed by atoms with Crippen molar-refractivity contribution in [3.05, 3.63) is 106 Å². The quantitative estimate of drug-likeness (QED) is 0.329. The van der Waals surface area contributed by atoms with Gasteiger partial charge in [0, 0.05) is 29.6 Å². The Kier molecular flexibility index (Phi) is 6.86. The van der Waals surface area contributed by atoms with Crippen LogP contribution in [0.25, 0.3) is 0 Å². The van der Waals surface area contributed by atoms with Gasteiger partial charge in [0.25, 0.3) is 5.91 Å². The zero-order valence-electron chi connectivity index (χ0n) is 18.2. The van der Waals surface area contributed by atoms with Crippen LogP contribution in [0.2, 0.25) is 5.02 Å². The summed E-state index contributed by atoms with van der Waals surface area (Å²) in [6, 6.07) is 17.6. The molecule has 1 amide bonds. The average Bonchev–Trinajstić information content (AvgIpc) is 2.83. The number of rotatable bonds is 3. The third kappa shape index (κ3) is 5.48.